The summed E-state index contributed by atoms with van der Waals surface area (Å²) < 4.78 is 13.2. The number of carbonyl (C=O) groups is 1. The zero-order chi connectivity index (χ0) is 17.2. The second-order valence-corrected chi connectivity index (χ2v) is 6.37. The monoisotopic (exact) mass is 343 g/mol. The van der Waals surface area contributed by atoms with E-state index in [0.717, 1.165) is 25.8 Å². The molecule has 1 saturated heterocycles. The lowest BCUT2D eigenvalue weighted by Gasteiger charge is -2.32. The number of piperidine rings is 1. The molecule has 0 radical (unpaired) electrons. The molecular weight excluding hydrogens is 322 g/mol. The van der Waals surface area contributed by atoms with Gasteiger partial charge in [0.2, 0.25) is 11.8 Å². The molecule has 0 spiro atoms. The van der Waals surface area contributed by atoms with Gasteiger partial charge in [-0.15, -0.1) is 0 Å². The number of fused-ring (bicyclic) bond motifs is 1. The molecule has 0 aliphatic carbocycles. The van der Waals surface area contributed by atoms with Crippen molar-refractivity contribution in [2.24, 2.45) is 0 Å². The molecule has 4 rings (SSSR count). The van der Waals surface area contributed by atoms with Gasteiger partial charge >= 0.3 is 0 Å². The van der Waals surface area contributed by atoms with Crippen molar-refractivity contribution in [3.05, 3.63) is 29.8 Å². The van der Waals surface area contributed by atoms with Crippen LogP contribution >= 0.6 is 0 Å². The normalized spacial score (nSPS) is 19.9. The van der Waals surface area contributed by atoms with Crippen molar-refractivity contribution in [3.8, 4) is 11.8 Å². The van der Waals surface area contributed by atoms with Gasteiger partial charge in [0.1, 0.15) is 11.9 Å². The maximum Gasteiger partial charge on any atom is 0.274 e. The highest BCUT2D eigenvalue weighted by Gasteiger charge is 2.28. The molecule has 4 heterocycles. The highest BCUT2D eigenvalue weighted by atomic mass is 16.5. The Morgan fingerprint density at radius 3 is 3.12 bits per heavy atom. The van der Waals surface area contributed by atoms with Crippen LogP contribution in [0.4, 0.5) is 0 Å². The number of nitrogens with zero attached hydrogens (tertiary/aromatic N) is 5. The average molecular weight is 343 g/mol. The summed E-state index contributed by atoms with van der Waals surface area (Å²) in [5.74, 6) is 1.83. The van der Waals surface area contributed by atoms with Crippen LogP contribution in [0.2, 0.25) is 0 Å². The van der Waals surface area contributed by atoms with Crippen molar-refractivity contribution < 1.29 is 14.3 Å². The summed E-state index contributed by atoms with van der Waals surface area (Å²) in [4.78, 5) is 22.9. The Kier molecular flexibility index (Phi) is 4.25. The summed E-state index contributed by atoms with van der Waals surface area (Å²) in [7, 11) is 0. The van der Waals surface area contributed by atoms with Gasteiger partial charge in [-0.2, -0.15) is 10.1 Å². The number of hydrogen-bond donors (Lipinski definition) is 0. The quantitative estimate of drug-likeness (QED) is 0.839. The topological polar surface area (TPSA) is 82.4 Å². The van der Waals surface area contributed by atoms with Crippen molar-refractivity contribution in [1.82, 2.24) is 24.6 Å². The Labute approximate surface area is 145 Å². The number of likely N-dealkylation sites (tertiary alicyclic amines) is 1. The Morgan fingerprint density at radius 1 is 1.36 bits per heavy atom. The van der Waals surface area contributed by atoms with Gasteiger partial charge in [0.05, 0.1) is 13.2 Å². The van der Waals surface area contributed by atoms with Crippen molar-refractivity contribution in [3.63, 3.8) is 0 Å². The number of aryl methyl sites for hydroxylation is 2. The van der Waals surface area contributed by atoms with E-state index >= 15 is 0 Å². The number of ether oxygens (including phenoxy) is 2. The van der Waals surface area contributed by atoms with Crippen molar-refractivity contribution in [1.29, 1.82) is 0 Å². The van der Waals surface area contributed by atoms with Crippen LogP contribution in [0.15, 0.2) is 18.3 Å². The molecule has 2 aromatic heterocycles. The molecule has 1 atom stereocenters. The minimum Gasteiger partial charge on any atom is -0.478 e. The average Bonchev–Trinajstić information content (AvgIpc) is 3.05. The zero-order valence-electron chi connectivity index (χ0n) is 14.2. The predicted molar refractivity (Wildman–Crippen MR) is 88.7 cm³/mol. The van der Waals surface area contributed by atoms with Crippen LogP contribution in [0.3, 0.4) is 0 Å². The van der Waals surface area contributed by atoms with Gasteiger partial charge in [-0.25, -0.2) is 9.67 Å². The van der Waals surface area contributed by atoms with Crippen LogP contribution in [-0.4, -0.2) is 56.4 Å². The lowest BCUT2D eigenvalue weighted by atomic mass is 10.1. The second kappa shape index (κ2) is 6.70. The molecule has 1 unspecified atom stereocenters. The third kappa shape index (κ3) is 3.42. The van der Waals surface area contributed by atoms with E-state index in [0.29, 0.717) is 43.0 Å². The number of aromatic nitrogens is 4. The predicted octanol–water partition coefficient (Wildman–Crippen LogP) is 1.45. The van der Waals surface area contributed by atoms with Crippen LogP contribution in [0, 0.1) is 6.92 Å². The van der Waals surface area contributed by atoms with Crippen LogP contribution in [0.1, 0.15) is 35.6 Å². The van der Waals surface area contributed by atoms with E-state index in [-0.39, 0.29) is 12.0 Å². The molecule has 2 aromatic rings. The summed E-state index contributed by atoms with van der Waals surface area (Å²) in [6.45, 7) is 4.54. The lowest BCUT2D eigenvalue weighted by Crippen LogP contribution is -2.44. The van der Waals surface area contributed by atoms with E-state index in [4.69, 9.17) is 9.47 Å². The van der Waals surface area contributed by atoms with Crippen molar-refractivity contribution in [2.75, 3.05) is 19.7 Å². The SMILES string of the molecule is Cc1nccc(OC2CCCN(C(=O)c3cc4n(n3)CCCO4)C2)n1. The van der Waals surface area contributed by atoms with E-state index in [1.807, 2.05) is 6.92 Å². The molecule has 8 nitrogen and oxygen atoms in total. The number of hydrogen-bond acceptors (Lipinski definition) is 6. The van der Waals surface area contributed by atoms with E-state index in [9.17, 15) is 4.79 Å². The van der Waals surface area contributed by atoms with E-state index in [1.165, 1.54) is 0 Å². The van der Waals surface area contributed by atoms with E-state index in [1.54, 1.807) is 27.9 Å². The summed E-state index contributed by atoms with van der Waals surface area (Å²) in [5, 5.41) is 4.39. The van der Waals surface area contributed by atoms with E-state index in [2.05, 4.69) is 15.1 Å². The second-order valence-electron chi connectivity index (χ2n) is 6.37. The van der Waals surface area contributed by atoms with Gasteiger partial charge in [0.15, 0.2) is 5.69 Å². The van der Waals surface area contributed by atoms with Gasteiger partial charge in [0.25, 0.3) is 5.91 Å². The first kappa shape index (κ1) is 15.9. The molecule has 8 heteroatoms. The van der Waals surface area contributed by atoms with Gasteiger partial charge in [0, 0.05) is 37.8 Å². The fourth-order valence-electron chi connectivity index (χ4n) is 3.22. The van der Waals surface area contributed by atoms with E-state index < -0.39 is 0 Å². The molecule has 132 valence electrons. The molecular formula is C17H21N5O3. The molecule has 2 aliphatic heterocycles. The third-order valence-corrected chi connectivity index (χ3v) is 4.43. The minimum absolute atomic E-state index is 0.0690. The Hall–Kier alpha value is -2.64. The maximum absolute atomic E-state index is 12.8. The smallest absolute Gasteiger partial charge is 0.274 e. The first-order valence-electron chi connectivity index (χ1n) is 8.65. The molecule has 0 saturated carbocycles. The van der Waals surface area contributed by atoms with Crippen LogP contribution in [0.25, 0.3) is 0 Å². The van der Waals surface area contributed by atoms with Crippen LogP contribution in [-0.2, 0) is 6.54 Å². The van der Waals surface area contributed by atoms with Crippen LogP contribution in [0.5, 0.6) is 11.8 Å². The van der Waals surface area contributed by atoms with Crippen LogP contribution < -0.4 is 9.47 Å². The largest absolute Gasteiger partial charge is 0.478 e. The molecule has 1 amide bonds. The lowest BCUT2D eigenvalue weighted by molar-refractivity contribution is 0.0521. The zero-order valence-corrected chi connectivity index (χ0v) is 14.2. The van der Waals surface area contributed by atoms with Gasteiger partial charge < -0.3 is 14.4 Å². The number of rotatable bonds is 3. The summed E-state index contributed by atoms with van der Waals surface area (Å²) in [6, 6.07) is 3.48. The minimum atomic E-state index is -0.0716. The molecule has 25 heavy (non-hydrogen) atoms. The molecule has 2 aliphatic rings. The highest BCUT2D eigenvalue weighted by Crippen LogP contribution is 2.22. The maximum atomic E-state index is 12.8. The standard InChI is InChI=1S/C17H21N5O3/c1-12-18-6-5-15(19-12)25-13-4-2-7-21(11-13)17(23)14-10-16-22(20-14)8-3-9-24-16/h5-6,10,13H,2-4,7-9,11H2,1H3. The van der Waals surface area contributed by atoms with Gasteiger partial charge in [-0.05, 0) is 19.8 Å². The summed E-state index contributed by atoms with van der Waals surface area (Å²) in [6.07, 6.45) is 4.32. The van der Waals surface area contributed by atoms with Crippen molar-refractivity contribution >= 4 is 5.91 Å². The molecule has 0 N–H and O–H groups in total. The fraction of sp³-hybridized carbons (Fsp3) is 0.529. The molecule has 0 bridgehead atoms. The third-order valence-electron chi connectivity index (χ3n) is 4.43. The Bertz CT molecular complexity index is 752. The first-order valence-corrected chi connectivity index (χ1v) is 8.65. The molecule has 0 aromatic carbocycles. The van der Waals surface area contributed by atoms with Gasteiger partial charge in [-0.1, -0.05) is 0 Å². The first-order chi connectivity index (χ1) is 12.2. The Balaban J connectivity index is 1.43. The summed E-state index contributed by atoms with van der Waals surface area (Å²) in [5.41, 5.74) is 0.440. The number of amides is 1. The fourth-order valence-corrected chi connectivity index (χ4v) is 3.22. The Morgan fingerprint density at radius 2 is 2.28 bits per heavy atom. The number of carbonyl (C=O) groups excluding carboxylic acids is 1. The summed E-state index contributed by atoms with van der Waals surface area (Å²) >= 11 is 0. The molecule has 1 fully saturated rings. The van der Waals surface area contributed by atoms with Crippen molar-refractivity contribution in [2.45, 2.75) is 38.8 Å². The highest BCUT2D eigenvalue weighted by molar-refractivity contribution is 5.92. The van der Waals surface area contributed by atoms with Gasteiger partial charge in [-0.3, -0.25) is 4.79 Å².